The number of amides is 1. The first-order chi connectivity index (χ1) is 14.2. The average Bonchev–Trinajstić information content (AvgIpc) is 2.67. The van der Waals surface area contributed by atoms with Gasteiger partial charge < -0.3 is 4.90 Å². The van der Waals surface area contributed by atoms with Crippen LogP contribution in [0.3, 0.4) is 0 Å². The van der Waals surface area contributed by atoms with Crippen LogP contribution in [0.2, 0.25) is 0 Å². The van der Waals surface area contributed by atoms with Crippen molar-refractivity contribution >= 4 is 28.6 Å². The summed E-state index contributed by atoms with van der Waals surface area (Å²) in [6, 6.07) is 13.6. The summed E-state index contributed by atoms with van der Waals surface area (Å²) in [6.07, 6.45) is 0. The van der Waals surface area contributed by atoms with E-state index >= 15 is 0 Å². The van der Waals surface area contributed by atoms with Gasteiger partial charge in [0, 0.05) is 12.1 Å². The quantitative estimate of drug-likeness (QED) is 0.424. The van der Waals surface area contributed by atoms with E-state index in [-0.39, 0.29) is 29.3 Å². The van der Waals surface area contributed by atoms with E-state index in [2.05, 4.69) is 6.07 Å². The highest BCUT2D eigenvalue weighted by molar-refractivity contribution is 7.99. The number of fused-ring (bicyclic) bond motifs is 1. The first kappa shape index (κ1) is 22.1. The summed E-state index contributed by atoms with van der Waals surface area (Å²) in [7, 11) is 0. The monoisotopic (exact) mass is 423 g/mol. The zero-order chi connectivity index (χ0) is 22.0. The number of para-hydroxylation sites is 1. The molecular weight excluding hydrogens is 394 g/mol. The Morgan fingerprint density at radius 3 is 2.37 bits per heavy atom. The Morgan fingerprint density at radius 2 is 1.73 bits per heavy atom. The fraction of sp³-hybridized carbons (Fsp3) is 0.375. The molecule has 0 aliphatic rings. The van der Waals surface area contributed by atoms with Crippen molar-refractivity contribution in [1.82, 2.24) is 14.5 Å². The van der Waals surface area contributed by atoms with Crippen LogP contribution in [-0.2, 0) is 4.79 Å². The van der Waals surface area contributed by atoms with Gasteiger partial charge in [-0.3, -0.25) is 14.2 Å². The minimum Gasteiger partial charge on any atom is -0.337 e. The Balaban J connectivity index is 2.09. The molecule has 0 saturated carbocycles. The standard InChI is InChI=1S/C24H29N3O2S/c1-15(2)26(16(3)4)22(28)14-30-24-25-20-10-8-7-9-19(20)23(29)27(24)21-12-11-17(5)13-18(21)6/h7-13,15-16H,14H2,1-6H3. The van der Waals surface area contributed by atoms with Crippen molar-refractivity contribution in [3.8, 4) is 5.69 Å². The molecule has 0 aliphatic carbocycles. The van der Waals surface area contributed by atoms with Crippen molar-refractivity contribution in [2.45, 2.75) is 58.8 Å². The molecule has 0 spiro atoms. The molecule has 0 unspecified atom stereocenters. The molecule has 0 bridgehead atoms. The maximum Gasteiger partial charge on any atom is 0.266 e. The largest absolute Gasteiger partial charge is 0.337 e. The zero-order valence-electron chi connectivity index (χ0n) is 18.5. The molecule has 1 aromatic heterocycles. The minimum atomic E-state index is -0.118. The lowest BCUT2D eigenvalue weighted by molar-refractivity contribution is -0.131. The first-order valence-electron chi connectivity index (χ1n) is 10.2. The topological polar surface area (TPSA) is 55.2 Å². The summed E-state index contributed by atoms with van der Waals surface area (Å²) in [6.45, 7) is 12.1. The average molecular weight is 424 g/mol. The smallest absolute Gasteiger partial charge is 0.266 e. The van der Waals surface area contributed by atoms with Crippen molar-refractivity contribution in [3.63, 3.8) is 0 Å². The maximum atomic E-state index is 13.4. The molecule has 6 heteroatoms. The summed E-state index contributed by atoms with van der Waals surface area (Å²) >= 11 is 1.32. The maximum absolute atomic E-state index is 13.4. The van der Waals surface area contributed by atoms with Crippen molar-refractivity contribution in [2.75, 3.05) is 5.75 Å². The van der Waals surface area contributed by atoms with E-state index in [1.807, 2.05) is 76.8 Å². The van der Waals surface area contributed by atoms with Crippen LogP contribution in [-0.4, -0.2) is 38.2 Å². The number of nitrogens with zero attached hydrogens (tertiary/aromatic N) is 3. The predicted molar refractivity (Wildman–Crippen MR) is 125 cm³/mol. The van der Waals surface area contributed by atoms with Crippen LogP contribution in [0, 0.1) is 13.8 Å². The van der Waals surface area contributed by atoms with Crippen LogP contribution in [0.5, 0.6) is 0 Å². The number of hydrogen-bond donors (Lipinski definition) is 0. The molecule has 0 atom stereocenters. The van der Waals surface area contributed by atoms with Gasteiger partial charge in [-0.05, 0) is 65.3 Å². The second-order valence-electron chi connectivity index (χ2n) is 8.12. The Labute approximate surface area is 182 Å². The van der Waals surface area contributed by atoms with E-state index in [1.54, 1.807) is 10.6 Å². The second-order valence-corrected chi connectivity index (χ2v) is 9.06. The second kappa shape index (κ2) is 9.04. The van der Waals surface area contributed by atoms with Crippen LogP contribution in [0.1, 0.15) is 38.8 Å². The van der Waals surface area contributed by atoms with Gasteiger partial charge in [0.2, 0.25) is 5.91 Å². The van der Waals surface area contributed by atoms with Gasteiger partial charge >= 0.3 is 0 Å². The van der Waals surface area contributed by atoms with Crippen molar-refractivity contribution in [1.29, 1.82) is 0 Å². The van der Waals surface area contributed by atoms with Gasteiger partial charge in [0.1, 0.15) is 0 Å². The molecule has 158 valence electrons. The molecule has 2 aromatic carbocycles. The van der Waals surface area contributed by atoms with E-state index in [9.17, 15) is 9.59 Å². The normalized spacial score (nSPS) is 11.5. The molecule has 0 N–H and O–H groups in total. The Kier molecular flexibility index (Phi) is 6.66. The molecule has 0 saturated heterocycles. The lowest BCUT2D eigenvalue weighted by Crippen LogP contribution is -2.43. The van der Waals surface area contributed by atoms with Crippen LogP contribution in [0.25, 0.3) is 16.6 Å². The number of hydrogen-bond acceptors (Lipinski definition) is 4. The lowest BCUT2D eigenvalue weighted by Gasteiger charge is -2.30. The highest BCUT2D eigenvalue weighted by Crippen LogP contribution is 2.24. The third-order valence-electron chi connectivity index (χ3n) is 5.06. The first-order valence-corrected chi connectivity index (χ1v) is 11.2. The highest BCUT2D eigenvalue weighted by Gasteiger charge is 2.22. The SMILES string of the molecule is Cc1ccc(-n2c(SCC(=O)N(C(C)C)C(C)C)nc3ccccc3c2=O)c(C)c1. The number of thioether (sulfide) groups is 1. The summed E-state index contributed by atoms with van der Waals surface area (Å²) < 4.78 is 1.64. The van der Waals surface area contributed by atoms with Crippen molar-refractivity contribution < 1.29 is 4.79 Å². The van der Waals surface area contributed by atoms with Crippen molar-refractivity contribution in [2.24, 2.45) is 0 Å². The van der Waals surface area contributed by atoms with E-state index in [1.165, 1.54) is 11.8 Å². The molecular formula is C24H29N3O2S. The molecule has 0 fully saturated rings. The zero-order valence-corrected chi connectivity index (χ0v) is 19.3. The number of rotatable bonds is 6. The van der Waals surface area contributed by atoms with Crippen LogP contribution in [0.4, 0.5) is 0 Å². The van der Waals surface area contributed by atoms with E-state index in [4.69, 9.17) is 4.98 Å². The van der Waals surface area contributed by atoms with Gasteiger partial charge in [-0.25, -0.2) is 4.98 Å². The summed E-state index contributed by atoms with van der Waals surface area (Å²) in [5.41, 5.74) is 3.44. The fourth-order valence-electron chi connectivity index (χ4n) is 3.85. The molecule has 1 heterocycles. The van der Waals surface area contributed by atoms with E-state index in [0.29, 0.717) is 16.1 Å². The molecule has 1 amide bonds. The van der Waals surface area contributed by atoms with Crippen LogP contribution >= 0.6 is 11.8 Å². The van der Waals surface area contributed by atoms with E-state index < -0.39 is 0 Å². The molecule has 3 aromatic rings. The Morgan fingerprint density at radius 1 is 1.07 bits per heavy atom. The van der Waals surface area contributed by atoms with Gasteiger partial charge in [-0.1, -0.05) is 41.6 Å². The van der Waals surface area contributed by atoms with Gasteiger partial charge in [0.05, 0.1) is 22.3 Å². The Hall–Kier alpha value is -2.60. The number of carbonyl (C=O) groups is 1. The minimum absolute atomic E-state index is 0.0413. The molecule has 0 aliphatic heterocycles. The highest BCUT2D eigenvalue weighted by atomic mass is 32.2. The molecule has 30 heavy (non-hydrogen) atoms. The number of aryl methyl sites for hydroxylation is 2. The third-order valence-corrected chi connectivity index (χ3v) is 5.99. The summed E-state index contributed by atoms with van der Waals surface area (Å²) in [5.74, 6) is 0.270. The van der Waals surface area contributed by atoms with Gasteiger partial charge in [0.15, 0.2) is 5.16 Å². The van der Waals surface area contributed by atoms with Gasteiger partial charge in [-0.2, -0.15) is 0 Å². The summed E-state index contributed by atoms with van der Waals surface area (Å²) in [5, 5.41) is 1.10. The molecule has 5 nitrogen and oxygen atoms in total. The number of aromatic nitrogens is 2. The third kappa shape index (κ3) is 4.43. The van der Waals surface area contributed by atoms with Crippen molar-refractivity contribution in [3.05, 3.63) is 63.9 Å². The number of carbonyl (C=O) groups excluding carboxylic acids is 1. The van der Waals surface area contributed by atoms with Crippen LogP contribution < -0.4 is 5.56 Å². The fourth-order valence-corrected chi connectivity index (χ4v) is 4.73. The Bertz CT molecular complexity index is 1130. The number of benzene rings is 2. The molecule has 3 rings (SSSR count). The van der Waals surface area contributed by atoms with Crippen LogP contribution in [0.15, 0.2) is 52.4 Å². The lowest BCUT2D eigenvalue weighted by atomic mass is 10.1. The summed E-state index contributed by atoms with van der Waals surface area (Å²) in [4.78, 5) is 32.9. The predicted octanol–water partition coefficient (Wildman–Crippen LogP) is 4.74. The molecule has 0 radical (unpaired) electrons. The van der Waals surface area contributed by atoms with Gasteiger partial charge in [0.25, 0.3) is 5.56 Å². The van der Waals surface area contributed by atoms with E-state index in [0.717, 1.165) is 16.8 Å². The van der Waals surface area contributed by atoms with Gasteiger partial charge in [-0.15, -0.1) is 0 Å².